The number of hydrogen-bond donors (Lipinski definition) is 3. The largest absolute Gasteiger partial charge is 0.477 e. The van der Waals surface area contributed by atoms with E-state index >= 15 is 0 Å². The minimum atomic E-state index is -0.701. The zero-order valence-corrected chi connectivity index (χ0v) is 15.4. The Labute approximate surface area is 153 Å². The van der Waals surface area contributed by atoms with Gasteiger partial charge in [-0.1, -0.05) is 19.1 Å². The zero-order valence-electron chi connectivity index (χ0n) is 15.4. The number of nitrogens with zero attached hydrogens (tertiary/aromatic N) is 1. The molecule has 1 aromatic rings. The predicted octanol–water partition coefficient (Wildman–Crippen LogP) is 0.0309. The maximum atomic E-state index is 12.4. The van der Waals surface area contributed by atoms with Crippen molar-refractivity contribution in [3.05, 3.63) is 24.3 Å². The highest BCUT2D eigenvalue weighted by Crippen LogP contribution is 2.32. The highest BCUT2D eigenvalue weighted by Gasteiger charge is 2.31. The van der Waals surface area contributed by atoms with Crippen molar-refractivity contribution in [3.8, 4) is 5.75 Å². The molecule has 1 aliphatic heterocycles. The van der Waals surface area contributed by atoms with Crippen molar-refractivity contribution >= 4 is 23.4 Å². The Balaban J connectivity index is 2.03. The van der Waals surface area contributed by atoms with Crippen LogP contribution in [0.4, 0.5) is 5.69 Å². The summed E-state index contributed by atoms with van der Waals surface area (Å²) in [5.74, 6) is -0.214. The molecule has 0 radical (unpaired) electrons. The first kappa shape index (κ1) is 19.6. The molecule has 0 saturated heterocycles. The molecule has 1 heterocycles. The van der Waals surface area contributed by atoms with Gasteiger partial charge in [-0.15, -0.1) is 0 Å². The molecule has 2 rings (SSSR count). The van der Waals surface area contributed by atoms with Gasteiger partial charge >= 0.3 is 0 Å². The van der Waals surface area contributed by atoms with Gasteiger partial charge in [0.2, 0.25) is 11.8 Å². The van der Waals surface area contributed by atoms with Crippen molar-refractivity contribution in [1.82, 2.24) is 16.0 Å². The predicted molar refractivity (Wildman–Crippen MR) is 98.0 cm³/mol. The number of hydrogen-bond acceptors (Lipinski definition) is 5. The quantitative estimate of drug-likeness (QED) is 0.636. The van der Waals surface area contributed by atoms with Gasteiger partial charge in [0.15, 0.2) is 6.10 Å². The number of benzene rings is 1. The lowest BCUT2D eigenvalue weighted by Gasteiger charge is -2.35. The van der Waals surface area contributed by atoms with Gasteiger partial charge in [0, 0.05) is 13.6 Å². The number of para-hydroxylation sites is 2. The van der Waals surface area contributed by atoms with Crippen molar-refractivity contribution in [1.29, 1.82) is 0 Å². The van der Waals surface area contributed by atoms with E-state index in [9.17, 15) is 14.4 Å². The molecule has 1 aliphatic rings. The van der Waals surface area contributed by atoms with Crippen LogP contribution in [0.5, 0.6) is 5.75 Å². The SMILES string of the molecule is CCCNC(=O)[C@@H](C)NC(=O)CN1C[C@H](C(=O)NC)Oc2ccccc21. The lowest BCUT2D eigenvalue weighted by molar-refractivity contribution is -0.128. The molecule has 3 amide bonds. The van der Waals surface area contributed by atoms with Crippen LogP contribution in [-0.2, 0) is 14.4 Å². The molecule has 26 heavy (non-hydrogen) atoms. The summed E-state index contributed by atoms with van der Waals surface area (Å²) in [4.78, 5) is 38.0. The molecule has 0 aliphatic carbocycles. The number of fused-ring (bicyclic) bond motifs is 1. The average Bonchev–Trinajstić information content (AvgIpc) is 2.65. The number of amides is 3. The maximum Gasteiger partial charge on any atom is 0.262 e. The fraction of sp³-hybridized carbons (Fsp3) is 0.500. The van der Waals surface area contributed by atoms with Crippen LogP contribution >= 0.6 is 0 Å². The van der Waals surface area contributed by atoms with Gasteiger partial charge in [0.1, 0.15) is 11.8 Å². The molecule has 1 aromatic carbocycles. The summed E-state index contributed by atoms with van der Waals surface area (Å²) in [6, 6.07) is 6.62. The molecule has 8 heteroatoms. The second-order valence-electron chi connectivity index (χ2n) is 6.15. The molecule has 2 atom stereocenters. The molecule has 0 unspecified atom stereocenters. The van der Waals surface area contributed by atoms with Crippen molar-refractivity contribution in [2.75, 3.05) is 31.6 Å². The fourth-order valence-corrected chi connectivity index (χ4v) is 2.68. The van der Waals surface area contributed by atoms with Crippen LogP contribution in [0.2, 0.25) is 0 Å². The van der Waals surface area contributed by atoms with E-state index < -0.39 is 12.1 Å². The highest BCUT2D eigenvalue weighted by atomic mass is 16.5. The van der Waals surface area contributed by atoms with Gasteiger partial charge < -0.3 is 25.6 Å². The van der Waals surface area contributed by atoms with Crippen molar-refractivity contribution in [2.24, 2.45) is 0 Å². The highest BCUT2D eigenvalue weighted by molar-refractivity contribution is 5.90. The molecule has 0 fully saturated rings. The number of rotatable bonds is 7. The summed E-state index contributed by atoms with van der Waals surface area (Å²) in [5.41, 5.74) is 0.742. The molecule has 0 bridgehead atoms. The first-order valence-electron chi connectivity index (χ1n) is 8.75. The molecule has 8 nitrogen and oxygen atoms in total. The third-order valence-electron chi connectivity index (χ3n) is 4.05. The number of nitrogens with one attached hydrogen (secondary N) is 3. The van der Waals surface area contributed by atoms with Crippen LogP contribution in [0.15, 0.2) is 24.3 Å². The van der Waals surface area contributed by atoms with Gasteiger partial charge in [0.05, 0.1) is 18.8 Å². The number of carbonyl (C=O) groups excluding carboxylic acids is 3. The van der Waals surface area contributed by atoms with E-state index in [1.807, 2.05) is 25.1 Å². The summed E-state index contributed by atoms with van der Waals surface area (Å²) >= 11 is 0. The number of ether oxygens (including phenoxy) is 1. The van der Waals surface area contributed by atoms with Gasteiger partial charge in [-0.05, 0) is 25.5 Å². The van der Waals surface area contributed by atoms with Crippen LogP contribution in [0.3, 0.4) is 0 Å². The van der Waals surface area contributed by atoms with E-state index in [4.69, 9.17) is 4.74 Å². The molecular formula is C18H26N4O4. The Morgan fingerprint density at radius 2 is 2.04 bits per heavy atom. The van der Waals surface area contributed by atoms with Gasteiger partial charge in [-0.25, -0.2) is 0 Å². The number of carbonyl (C=O) groups is 3. The zero-order chi connectivity index (χ0) is 19.1. The molecule has 0 saturated carbocycles. The Morgan fingerprint density at radius 1 is 1.31 bits per heavy atom. The lowest BCUT2D eigenvalue weighted by Crippen LogP contribution is -2.52. The van der Waals surface area contributed by atoms with Crippen molar-refractivity contribution in [2.45, 2.75) is 32.4 Å². The monoisotopic (exact) mass is 362 g/mol. The average molecular weight is 362 g/mol. The Bertz CT molecular complexity index is 664. The van der Waals surface area contributed by atoms with E-state index in [1.54, 1.807) is 24.9 Å². The normalized spacial score (nSPS) is 16.7. The summed E-state index contributed by atoms with van der Waals surface area (Å²) < 4.78 is 5.71. The van der Waals surface area contributed by atoms with E-state index in [-0.39, 0.29) is 30.8 Å². The van der Waals surface area contributed by atoms with Crippen molar-refractivity contribution in [3.63, 3.8) is 0 Å². The van der Waals surface area contributed by atoms with Crippen LogP contribution in [-0.4, -0.2) is 56.5 Å². The number of likely N-dealkylation sites (N-methyl/N-ethyl adjacent to an activating group) is 1. The van der Waals surface area contributed by atoms with Crippen LogP contribution < -0.4 is 25.6 Å². The van der Waals surface area contributed by atoms with E-state index in [0.717, 1.165) is 12.1 Å². The summed E-state index contributed by atoms with van der Waals surface area (Å²) in [5, 5.41) is 8.00. The van der Waals surface area contributed by atoms with E-state index in [1.165, 1.54) is 0 Å². The summed E-state index contributed by atoms with van der Waals surface area (Å²) in [6.07, 6.45) is 0.130. The van der Waals surface area contributed by atoms with Crippen molar-refractivity contribution < 1.29 is 19.1 Å². The van der Waals surface area contributed by atoms with E-state index in [2.05, 4.69) is 16.0 Å². The fourth-order valence-electron chi connectivity index (χ4n) is 2.68. The van der Waals surface area contributed by atoms with Gasteiger partial charge in [0.25, 0.3) is 5.91 Å². The minimum Gasteiger partial charge on any atom is -0.477 e. The molecule has 0 aromatic heterocycles. The lowest BCUT2D eigenvalue weighted by atomic mass is 10.1. The second-order valence-corrected chi connectivity index (χ2v) is 6.15. The van der Waals surface area contributed by atoms with Crippen LogP contribution in [0.25, 0.3) is 0 Å². The summed E-state index contributed by atoms with van der Waals surface area (Å²) in [7, 11) is 1.54. The smallest absolute Gasteiger partial charge is 0.262 e. The van der Waals surface area contributed by atoms with Crippen LogP contribution in [0.1, 0.15) is 20.3 Å². The topological polar surface area (TPSA) is 99.8 Å². The third-order valence-corrected chi connectivity index (χ3v) is 4.05. The number of anilines is 1. The van der Waals surface area contributed by atoms with Gasteiger partial charge in [-0.2, -0.15) is 0 Å². The Hall–Kier alpha value is -2.77. The first-order chi connectivity index (χ1) is 12.5. The maximum absolute atomic E-state index is 12.4. The molecule has 0 spiro atoms. The Morgan fingerprint density at radius 3 is 2.73 bits per heavy atom. The standard InChI is InChI=1S/C18H26N4O4/c1-4-9-20-17(24)12(2)21-16(23)11-22-10-15(18(25)19-3)26-14-8-6-5-7-13(14)22/h5-8,12,15H,4,9-11H2,1-3H3,(H,19,25)(H,20,24)(H,21,23)/t12-,15-/m1/s1. The first-order valence-corrected chi connectivity index (χ1v) is 8.75. The van der Waals surface area contributed by atoms with Crippen LogP contribution in [0, 0.1) is 0 Å². The molecule has 142 valence electrons. The van der Waals surface area contributed by atoms with E-state index in [0.29, 0.717) is 12.3 Å². The third kappa shape index (κ3) is 4.87. The Kier molecular flexibility index (Phi) is 6.82. The minimum absolute atomic E-state index is 0.0270. The molecular weight excluding hydrogens is 336 g/mol. The molecule has 3 N–H and O–H groups in total. The van der Waals surface area contributed by atoms with Gasteiger partial charge in [-0.3, -0.25) is 14.4 Å². The second kappa shape index (κ2) is 9.07. The summed E-state index contributed by atoms with van der Waals surface area (Å²) in [6.45, 7) is 4.45.